The predicted octanol–water partition coefficient (Wildman–Crippen LogP) is 5.66. The highest BCUT2D eigenvalue weighted by Gasteiger charge is 2.18. The van der Waals surface area contributed by atoms with E-state index >= 15 is 0 Å². The Bertz CT molecular complexity index is 1400. The molecule has 0 aliphatic carbocycles. The summed E-state index contributed by atoms with van der Waals surface area (Å²) in [5.74, 6) is -0.351. The minimum atomic E-state index is -4.31. The molecule has 0 amide bonds. The number of esters is 1. The molecule has 0 bridgehead atoms. The minimum absolute atomic E-state index is 0.0656. The van der Waals surface area contributed by atoms with E-state index in [-0.39, 0.29) is 10.9 Å². The van der Waals surface area contributed by atoms with E-state index in [1.165, 1.54) is 11.6 Å². The van der Waals surface area contributed by atoms with Gasteiger partial charge in [-0.1, -0.05) is 49.0 Å². The molecule has 0 fully saturated rings. The monoisotopic (exact) mass is 436 g/mol. The van der Waals surface area contributed by atoms with E-state index in [0.29, 0.717) is 17.6 Å². The zero-order valence-electron chi connectivity index (χ0n) is 17.3. The van der Waals surface area contributed by atoms with E-state index in [0.717, 1.165) is 52.6 Å². The van der Waals surface area contributed by atoms with Gasteiger partial charge < -0.3 is 4.74 Å². The third kappa shape index (κ3) is 4.13. The lowest BCUT2D eigenvalue weighted by Crippen LogP contribution is -2.06. The zero-order chi connectivity index (χ0) is 22.2. The second-order valence-electron chi connectivity index (χ2n) is 7.91. The van der Waals surface area contributed by atoms with Gasteiger partial charge in [0.1, 0.15) is 4.90 Å². The van der Waals surface area contributed by atoms with Gasteiger partial charge in [0.15, 0.2) is 0 Å². The lowest BCUT2D eigenvalue weighted by molar-refractivity contribution is -0.139. The number of benzene rings is 4. The Morgan fingerprint density at radius 2 is 1.52 bits per heavy atom. The molecule has 4 rings (SSSR count). The van der Waals surface area contributed by atoms with Crippen LogP contribution >= 0.6 is 0 Å². The summed E-state index contributed by atoms with van der Waals surface area (Å²) in [4.78, 5) is 11.4. The van der Waals surface area contributed by atoms with Gasteiger partial charge in [-0.3, -0.25) is 4.55 Å². The molecular weight excluding hydrogens is 412 g/mol. The molecule has 0 aromatic heterocycles. The van der Waals surface area contributed by atoms with E-state index in [2.05, 4.69) is 18.7 Å². The number of hydrogen-bond donors (Lipinski definition) is 1. The van der Waals surface area contributed by atoms with E-state index in [1.54, 1.807) is 19.1 Å². The van der Waals surface area contributed by atoms with Crippen molar-refractivity contribution in [1.82, 2.24) is 0 Å². The molecule has 4 aromatic rings. The van der Waals surface area contributed by atoms with Crippen LogP contribution in [0.15, 0.2) is 65.6 Å². The number of carbonyl (C=O) groups excluding carboxylic acids is 1. The average Bonchev–Trinajstić information content (AvgIpc) is 2.73. The second kappa shape index (κ2) is 8.29. The first-order valence-corrected chi connectivity index (χ1v) is 11.7. The fourth-order valence-corrected chi connectivity index (χ4v) is 4.85. The van der Waals surface area contributed by atoms with Crippen molar-refractivity contribution >= 4 is 48.4 Å². The zero-order valence-corrected chi connectivity index (χ0v) is 18.2. The van der Waals surface area contributed by atoms with Crippen LogP contribution in [0.1, 0.15) is 31.7 Å². The molecule has 0 aliphatic heterocycles. The summed E-state index contributed by atoms with van der Waals surface area (Å²) in [6.45, 7) is 5.60. The van der Waals surface area contributed by atoms with Gasteiger partial charge in [0.2, 0.25) is 0 Å². The lowest BCUT2D eigenvalue weighted by Gasteiger charge is -2.15. The van der Waals surface area contributed by atoms with E-state index < -0.39 is 10.1 Å². The summed E-state index contributed by atoms with van der Waals surface area (Å²) in [7, 11) is -4.31. The number of rotatable bonds is 8. The summed E-state index contributed by atoms with van der Waals surface area (Å²) in [6.07, 6.45) is 3.54. The van der Waals surface area contributed by atoms with Crippen LogP contribution in [0, 0.1) is 0 Å². The summed E-state index contributed by atoms with van der Waals surface area (Å²) >= 11 is 0. The summed E-state index contributed by atoms with van der Waals surface area (Å²) in [5.41, 5.74) is 1.60. The van der Waals surface area contributed by atoms with Crippen LogP contribution in [0.25, 0.3) is 32.3 Å². The van der Waals surface area contributed by atoms with Gasteiger partial charge in [-0.2, -0.15) is 8.42 Å². The minimum Gasteiger partial charge on any atom is -0.462 e. The first-order chi connectivity index (χ1) is 14.8. The number of hydrogen-bond acceptors (Lipinski definition) is 4. The number of ether oxygens (including phenoxy) is 1. The molecule has 0 saturated carbocycles. The molecular formula is C25H24O5S. The van der Waals surface area contributed by atoms with Crippen LogP contribution in [-0.2, 0) is 26.1 Å². The molecule has 0 unspecified atom stereocenters. The standard InChI is InChI=1S/C25H24O5S/c1-16(2)25(26)30-15-5-3-4-6-17-7-8-18-9-10-19-11-14-22(31(27,28)29)21-13-12-20(17)23(18)24(19)21/h7-14H,1,3-6,15H2,2H3,(H,27,28,29). The molecule has 0 heterocycles. The van der Waals surface area contributed by atoms with E-state index in [1.807, 2.05) is 18.2 Å². The molecule has 5 nitrogen and oxygen atoms in total. The van der Waals surface area contributed by atoms with Crippen molar-refractivity contribution in [3.05, 3.63) is 66.2 Å². The maximum Gasteiger partial charge on any atom is 0.333 e. The number of unbranched alkanes of at least 4 members (excludes halogenated alkanes) is 2. The van der Waals surface area contributed by atoms with Gasteiger partial charge in [-0.15, -0.1) is 0 Å². The Morgan fingerprint density at radius 1 is 0.903 bits per heavy atom. The fraction of sp³-hybridized carbons (Fsp3) is 0.240. The lowest BCUT2D eigenvalue weighted by atomic mass is 9.90. The number of carbonyl (C=O) groups is 1. The Morgan fingerprint density at radius 3 is 2.19 bits per heavy atom. The molecule has 0 atom stereocenters. The first kappa shape index (κ1) is 21.3. The van der Waals surface area contributed by atoms with Crippen molar-refractivity contribution in [2.24, 2.45) is 0 Å². The second-order valence-corrected chi connectivity index (χ2v) is 9.30. The van der Waals surface area contributed by atoms with Crippen molar-refractivity contribution in [2.75, 3.05) is 6.61 Å². The van der Waals surface area contributed by atoms with Crippen molar-refractivity contribution < 1.29 is 22.5 Å². The van der Waals surface area contributed by atoms with Crippen molar-refractivity contribution in [3.8, 4) is 0 Å². The van der Waals surface area contributed by atoms with Gasteiger partial charge in [0.25, 0.3) is 10.1 Å². The van der Waals surface area contributed by atoms with Crippen LogP contribution in [0.2, 0.25) is 0 Å². The first-order valence-electron chi connectivity index (χ1n) is 10.3. The van der Waals surface area contributed by atoms with Gasteiger partial charge in [-0.05, 0) is 71.2 Å². The smallest absolute Gasteiger partial charge is 0.333 e. The Labute approximate surface area is 181 Å². The third-order valence-corrected chi connectivity index (χ3v) is 6.58. The normalized spacial score (nSPS) is 12.1. The topological polar surface area (TPSA) is 80.7 Å². The highest BCUT2D eigenvalue weighted by Crippen LogP contribution is 2.38. The molecule has 4 aromatic carbocycles. The van der Waals surface area contributed by atoms with Crippen LogP contribution in [0.3, 0.4) is 0 Å². The molecule has 160 valence electrons. The third-order valence-electron chi connectivity index (χ3n) is 5.66. The highest BCUT2D eigenvalue weighted by atomic mass is 32.2. The molecule has 6 heteroatoms. The average molecular weight is 437 g/mol. The fourth-order valence-electron chi connectivity index (χ4n) is 4.16. The van der Waals surface area contributed by atoms with Gasteiger partial charge in [-0.25, -0.2) is 4.79 Å². The van der Waals surface area contributed by atoms with Gasteiger partial charge >= 0.3 is 5.97 Å². The summed E-state index contributed by atoms with van der Waals surface area (Å²) in [5, 5.41) is 5.49. The van der Waals surface area contributed by atoms with Crippen LogP contribution in [-0.4, -0.2) is 25.5 Å². The van der Waals surface area contributed by atoms with Gasteiger partial charge in [0, 0.05) is 11.0 Å². The predicted molar refractivity (Wildman–Crippen MR) is 123 cm³/mol. The Kier molecular flexibility index (Phi) is 5.69. The Balaban J connectivity index is 1.61. The maximum atomic E-state index is 11.9. The SMILES string of the molecule is C=C(C)C(=O)OCCCCCc1ccc2ccc3ccc(S(=O)(=O)O)c4ccc1c2c34. The molecule has 0 radical (unpaired) electrons. The maximum absolute atomic E-state index is 11.9. The van der Waals surface area contributed by atoms with Crippen molar-refractivity contribution in [3.63, 3.8) is 0 Å². The largest absolute Gasteiger partial charge is 0.462 e. The number of aryl methyl sites for hydroxylation is 1. The molecule has 1 N–H and O–H groups in total. The molecule has 0 saturated heterocycles. The van der Waals surface area contributed by atoms with Gasteiger partial charge in [0.05, 0.1) is 6.61 Å². The van der Waals surface area contributed by atoms with Crippen LogP contribution < -0.4 is 0 Å². The quantitative estimate of drug-likeness (QED) is 0.127. The summed E-state index contributed by atoms with van der Waals surface area (Å²) < 4.78 is 38.5. The molecule has 0 spiro atoms. The van der Waals surface area contributed by atoms with Crippen LogP contribution in [0.5, 0.6) is 0 Å². The van der Waals surface area contributed by atoms with E-state index in [4.69, 9.17) is 4.74 Å². The molecule has 0 aliphatic rings. The van der Waals surface area contributed by atoms with E-state index in [9.17, 15) is 17.8 Å². The highest BCUT2D eigenvalue weighted by molar-refractivity contribution is 7.86. The van der Waals surface area contributed by atoms with Crippen molar-refractivity contribution in [2.45, 2.75) is 37.5 Å². The summed E-state index contributed by atoms with van der Waals surface area (Å²) in [6, 6.07) is 15.1. The Hall–Kier alpha value is -2.96. The molecule has 31 heavy (non-hydrogen) atoms. The van der Waals surface area contributed by atoms with Crippen LogP contribution in [0.4, 0.5) is 0 Å². The van der Waals surface area contributed by atoms with Crippen molar-refractivity contribution in [1.29, 1.82) is 0 Å².